The summed E-state index contributed by atoms with van der Waals surface area (Å²) in [6.07, 6.45) is 0. The van der Waals surface area contributed by atoms with Crippen LogP contribution < -0.4 is 5.73 Å². The van der Waals surface area contributed by atoms with Crippen LogP contribution in [0.25, 0.3) is 22.6 Å². The monoisotopic (exact) mass is 302 g/mol. The zero-order valence-electron chi connectivity index (χ0n) is 9.77. The Morgan fingerprint density at radius 3 is 2.83 bits per heavy atom. The average Bonchev–Trinajstić information content (AvgIpc) is 2.73. The minimum atomic E-state index is 0.589. The average molecular weight is 303 g/mol. The van der Waals surface area contributed by atoms with Gasteiger partial charge in [0.1, 0.15) is 5.52 Å². The number of hydrogen-bond acceptors (Lipinski definition) is 3. The maximum Gasteiger partial charge on any atom is 0.227 e. The van der Waals surface area contributed by atoms with Gasteiger partial charge in [0.05, 0.1) is 5.69 Å². The molecular formula is C14H11BrN2O. The van der Waals surface area contributed by atoms with Gasteiger partial charge in [0.2, 0.25) is 5.89 Å². The van der Waals surface area contributed by atoms with Crippen LogP contribution >= 0.6 is 15.9 Å². The fraction of sp³-hybridized carbons (Fsp3) is 0.0714. The third-order valence-electron chi connectivity index (χ3n) is 2.75. The fourth-order valence-electron chi connectivity index (χ4n) is 1.92. The molecule has 1 heterocycles. The van der Waals surface area contributed by atoms with Crippen molar-refractivity contribution in [1.82, 2.24) is 4.98 Å². The molecule has 0 aliphatic heterocycles. The van der Waals surface area contributed by atoms with Crippen LogP contribution in [0.15, 0.2) is 45.3 Å². The maximum atomic E-state index is 5.91. The number of rotatable bonds is 1. The van der Waals surface area contributed by atoms with Crippen LogP contribution in [0.2, 0.25) is 0 Å². The highest BCUT2D eigenvalue weighted by molar-refractivity contribution is 9.10. The number of aryl methyl sites for hydroxylation is 1. The summed E-state index contributed by atoms with van der Waals surface area (Å²) in [5.74, 6) is 0.596. The molecule has 3 aromatic rings. The number of halogens is 1. The van der Waals surface area contributed by atoms with Gasteiger partial charge in [0.15, 0.2) is 5.58 Å². The van der Waals surface area contributed by atoms with Crippen molar-refractivity contribution < 1.29 is 4.42 Å². The van der Waals surface area contributed by atoms with Crippen molar-refractivity contribution in [3.8, 4) is 11.5 Å². The van der Waals surface area contributed by atoms with Gasteiger partial charge in [-0.1, -0.05) is 33.6 Å². The van der Waals surface area contributed by atoms with E-state index in [-0.39, 0.29) is 0 Å². The van der Waals surface area contributed by atoms with Crippen LogP contribution in [-0.2, 0) is 0 Å². The molecule has 3 nitrogen and oxygen atoms in total. The van der Waals surface area contributed by atoms with E-state index in [9.17, 15) is 0 Å². The number of benzene rings is 2. The molecule has 2 aromatic carbocycles. The van der Waals surface area contributed by atoms with E-state index in [1.54, 1.807) is 0 Å². The quantitative estimate of drug-likeness (QED) is 0.687. The molecule has 0 aliphatic rings. The second-order valence-corrected chi connectivity index (χ2v) is 5.15. The van der Waals surface area contributed by atoms with E-state index < -0.39 is 0 Å². The molecule has 2 N–H and O–H groups in total. The molecule has 0 amide bonds. The summed E-state index contributed by atoms with van der Waals surface area (Å²) < 4.78 is 6.64. The Kier molecular flexibility index (Phi) is 2.59. The van der Waals surface area contributed by atoms with Crippen LogP contribution in [0.1, 0.15) is 5.56 Å². The van der Waals surface area contributed by atoms with Crippen molar-refractivity contribution in [2.75, 3.05) is 5.73 Å². The van der Waals surface area contributed by atoms with E-state index in [0.29, 0.717) is 17.2 Å². The largest absolute Gasteiger partial charge is 0.434 e. The van der Waals surface area contributed by atoms with Crippen LogP contribution in [0.4, 0.5) is 5.69 Å². The topological polar surface area (TPSA) is 52.0 Å². The lowest BCUT2D eigenvalue weighted by Crippen LogP contribution is -1.84. The molecule has 90 valence electrons. The van der Waals surface area contributed by atoms with Crippen molar-refractivity contribution in [2.45, 2.75) is 6.92 Å². The molecule has 0 unspecified atom stereocenters. The van der Waals surface area contributed by atoms with E-state index >= 15 is 0 Å². The smallest absolute Gasteiger partial charge is 0.227 e. The van der Waals surface area contributed by atoms with Gasteiger partial charge < -0.3 is 10.2 Å². The first-order chi connectivity index (χ1) is 8.63. The number of fused-ring (bicyclic) bond motifs is 1. The molecule has 0 atom stereocenters. The Balaban J connectivity index is 2.22. The first-order valence-corrected chi connectivity index (χ1v) is 6.35. The van der Waals surface area contributed by atoms with Gasteiger partial charge in [-0.25, -0.2) is 4.98 Å². The zero-order valence-corrected chi connectivity index (χ0v) is 11.4. The highest BCUT2D eigenvalue weighted by Gasteiger charge is 2.11. The van der Waals surface area contributed by atoms with E-state index in [1.807, 2.05) is 43.3 Å². The van der Waals surface area contributed by atoms with E-state index in [1.165, 1.54) is 5.56 Å². The normalized spacial score (nSPS) is 11.0. The number of nitrogen functional groups attached to an aromatic ring is 1. The van der Waals surface area contributed by atoms with Crippen molar-refractivity contribution in [1.29, 1.82) is 0 Å². The lowest BCUT2D eigenvalue weighted by molar-refractivity contribution is 0.621. The molecule has 0 saturated heterocycles. The van der Waals surface area contributed by atoms with Crippen molar-refractivity contribution >= 4 is 32.7 Å². The van der Waals surface area contributed by atoms with E-state index in [0.717, 1.165) is 15.6 Å². The van der Waals surface area contributed by atoms with Crippen LogP contribution in [-0.4, -0.2) is 4.98 Å². The van der Waals surface area contributed by atoms with Crippen molar-refractivity contribution in [3.63, 3.8) is 0 Å². The lowest BCUT2D eigenvalue weighted by Gasteiger charge is -1.96. The molecule has 0 saturated carbocycles. The standard InChI is InChI=1S/C14H11BrN2O/c1-8-3-2-4-9(5-8)14-17-12-7-10(15)6-11(16)13(12)18-14/h2-7H,16H2,1H3. The zero-order chi connectivity index (χ0) is 12.7. The summed E-state index contributed by atoms with van der Waals surface area (Å²) in [6, 6.07) is 11.7. The van der Waals surface area contributed by atoms with Gasteiger partial charge in [-0.2, -0.15) is 0 Å². The molecule has 0 aliphatic carbocycles. The van der Waals surface area contributed by atoms with Gasteiger partial charge >= 0.3 is 0 Å². The SMILES string of the molecule is Cc1cccc(-c2nc3cc(Br)cc(N)c3o2)c1. The Hall–Kier alpha value is -1.81. The molecule has 0 radical (unpaired) electrons. The Morgan fingerprint density at radius 2 is 2.06 bits per heavy atom. The minimum absolute atomic E-state index is 0.589. The third kappa shape index (κ3) is 1.88. The predicted molar refractivity (Wildman–Crippen MR) is 76.3 cm³/mol. The number of aromatic nitrogens is 1. The summed E-state index contributed by atoms with van der Waals surface area (Å²) in [7, 11) is 0. The summed E-state index contributed by atoms with van der Waals surface area (Å²) in [6.45, 7) is 2.04. The highest BCUT2D eigenvalue weighted by Crippen LogP contribution is 2.30. The summed E-state index contributed by atoms with van der Waals surface area (Å²) in [4.78, 5) is 4.47. The summed E-state index contributed by atoms with van der Waals surface area (Å²) in [5, 5.41) is 0. The van der Waals surface area contributed by atoms with Crippen LogP contribution in [0.5, 0.6) is 0 Å². The van der Waals surface area contributed by atoms with Crippen LogP contribution in [0.3, 0.4) is 0 Å². The first kappa shape index (κ1) is 11.3. The van der Waals surface area contributed by atoms with Gasteiger partial charge in [-0.15, -0.1) is 0 Å². The minimum Gasteiger partial charge on any atom is -0.434 e. The number of hydrogen-bond donors (Lipinski definition) is 1. The molecule has 1 aromatic heterocycles. The Bertz CT molecular complexity index is 734. The lowest BCUT2D eigenvalue weighted by atomic mass is 10.1. The predicted octanol–water partition coefficient (Wildman–Crippen LogP) is 4.15. The second-order valence-electron chi connectivity index (χ2n) is 4.23. The molecule has 4 heteroatoms. The molecule has 0 bridgehead atoms. The molecular weight excluding hydrogens is 292 g/mol. The number of nitrogens with two attached hydrogens (primary N) is 1. The second kappa shape index (κ2) is 4.14. The number of anilines is 1. The van der Waals surface area contributed by atoms with Gasteiger partial charge in [0, 0.05) is 10.0 Å². The van der Waals surface area contributed by atoms with Gasteiger partial charge in [0.25, 0.3) is 0 Å². The Labute approximate surface area is 113 Å². The van der Waals surface area contributed by atoms with Crippen LogP contribution in [0, 0.1) is 6.92 Å². The third-order valence-corrected chi connectivity index (χ3v) is 3.21. The van der Waals surface area contributed by atoms with Gasteiger partial charge in [-0.05, 0) is 31.2 Å². The maximum absolute atomic E-state index is 5.91. The number of nitrogens with zero attached hydrogens (tertiary/aromatic N) is 1. The van der Waals surface area contributed by atoms with E-state index in [2.05, 4.69) is 20.9 Å². The van der Waals surface area contributed by atoms with Gasteiger partial charge in [-0.3, -0.25) is 0 Å². The molecule has 0 spiro atoms. The Morgan fingerprint density at radius 1 is 1.22 bits per heavy atom. The highest BCUT2D eigenvalue weighted by atomic mass is 79.9. The fourth-order valence-corrected chi connectivity index (χ4v) is 2.39. The molecule has 0 fully saturated rings. The number of oxazole rings is 1. The first-order valence-electron chi connectivity index (χ1n) is 5.56. The van der Waals surface area contributed by atoms with Crippen molar-refractivity contribution in [2.24, 2.45) is 0 Å². The summed E-state index contributed by atoms with van der Waals surface area (Å²) in [5.41, 5.74) is 10.0. The van der Waals surface area contributed by atoms with Crippen molar-refractivity contribution in [3.05, 3.63) is 46.4 Å². The summed E-state index contributed by atoms with van der Waals surface area (Å²) >= 11 is 3.40. The molecule has 3 rings (SSSR count). The molecule has 18 heavy (non-hydrogen) atoms. The van der Waals surface area contributed by atoms with E-state index in [4.69, 9.17) is 10.2 Å².